The summed E-state index contributed by atoms with van der Waals surface area (Å²) in [5.74, 6) is -0.308. The lowest BCUT2D eigenvalue weighted by molar-refractivity contribution is -0.384. The molecule has 1 atom stereocenters. The van der Waals surface area contributed by atoms with E-state index < -0.39 is 4.92 Å². The summed E-state index contributed by atoms with van der Waals surface area (Å²) in [4.78, 5) is 24.1. The predicted molar refractivity (Wildman–Crippen MR) is 80.1 cm³/mol. The molecule has 7 nitrogen and oxygen atoms in total. The summed E-state index contributed by atoms with van der Waals surface area (Å²) in [6, 6.07) is 3.85. The summed E-state index contributed by atoms with van der Waals surface area (Å²) < 4.78 is 5.38. The number of nitrogens with two attached hydrogens (primary N) is 1. The van der Waals surface area contributed by atoms with E-state index in [1.54, 1.807) is 4.90 Å². The fourth-order valence-corrected chi connectivity index (χ4v) is 2.26. The molecular weight excluding hydrogens is 321 g/mol. The second-order valence-corrected chi connectivity index (χ2v) is 4.87. The van der Waals surface area contributed by atoms with Crippen LogP contribution in [0.25, 0.3) is 0 Å². The smallest absolute Gasteiger partial charge is 0.271 e. The van der Waals surface area contributed by atoms with E-state index in [1.807, 2.05) is 0 Å². The Morgan fingerprint density at radius 2 is 2.24 bits per heavy atom. The Morgan fingerprint density at radius 1 is 1.52 bits per heavy atom. The van der Waals surface area contributed by atoms with E-state index in [1.165, 1.54) is 18.2 Å². The van der Waals surface area contributed by atoms with Gasteiger partial charge in [0.1, 0.15) is 0 Å². The van der Waals surface area contributed by atoms with Gasteiger partial charge < -0.3 is 15.4 Å². The van der Waals surface area contributed by atoms with Crippen LogP contribution in [0.1, 0.15) is 10.4 Å². The number of carbonyl (C=O) groups excluding carboxylic acids is 1. The number of nitro benzene ring substituents is 1. The van der Waals surface area contributed by atoms with E-state index in [4.69, 9.17) is 22.1 Å². The minimum Gasteiger partial charge on any atom is -0.373 e. The van der Waals surface area contributed by atoms with Crippen molar-refractivity contribution in [2.75, 3.05) is 26.2 Å². The molecule has 0 bridgehead atoms. The number of ether oxygens (including phenoxy) is 1. The SMILES string of the molecule is Cl.NCC1CN(C(=O)c2cc(Cl)cc([N+](=O)[O-])c2)CCO1. The molecule has 1 fully saturated rings. The van der Waals surface area contributed by atoms with Crippen molar-refractivity contribution in [2.45, 2.75) is 6.10 Å². The van der Waals surface area contributed by atoms with Crippen LogP contribution in [0.3, 0.4) is 0 Å². The topological polar surface area (TPSA) is 98.7 Å². The third-order valence-electron chi connectivity index (χ3n) is 3.03. The van der Waals surface area contributed by atoms with E-state index in [2.05, 4.69) is 0 Å². The molecule has 21 heavy (non-hydrogen) atoms. The van der Waals surface area contributed by atoms with Gasteiger partial charge >= 0.3 is 0 Å². The van der Waals surface area contributed by atoms with Gasteiger partial charge in [0.15, 0.2) is 0 Å². The van der Waals surface area contributed by atoms with Crippen LogP contribution in [0.4, 0.5) is 5.69 Å². The summed E-state index contributed by atoms with van der Waals surface area (Å²) in [5.41, 5.74) is 5.51. The summed E-state index contributed by atoms with van der Waals surface area (Å²) in [5, 5.41) is 10.9. The highest BCUT2D eigenvalue weighted by atomic mass is 35.5. The van der Waals surface area contributed by atoms with Gasteiger partial charge in [0.25, 0.3) is 11.6 Å². The van der Waals surface area contributed by atoms with Crippen molar-refractivity contribution in [2.24, 2.45) is 5.73 Å². The van der Waals surface area contributed by atoms with Crippen LogP contribution in [0.2, 0.25) is 5.02 Å². The maximum Gasteiger partial charge on any atom is 0.271 e. The molecule has 1 amide bonds. The van der Waals surface area contributed by atoms with Gasteiger partial charge in [0, 0.05) is 42.4 Å². The highest BCUT2D eigenvalue weighted by Crippen LogP contribution is 2.22. The zero-order valence-electron chi connectivity index (χ0n) is 11.0. The fourth-order valence-electron chi connectivity index (χ4n) is 2.03. The summed E-state index contributed by atoms with van der Waals surface area (Å²) in [6.45, 7) is 1.51. The molecule has 1 aliphatic rings. The number of hydrogen-bond acceptors (Lipinski definition) is 5. The number of halogens is 2. The monoisotopic (exact) mass is 335 g/mol. The first-order valence-electron chi connectivity index (χ1n) is 6.07. The third kappa shape index (κ3) is 4.28. The maximum atomic E-state index is 12.3. The van der Waals surface area contributed by atoms with Crippen molar-refractivity contribution < 1.29 is 14.5 Å². The molecule has 0 saturated carbocycles. The molecule has 116 valence electrons. The Hall–Kier alpha value is -1.41. The number of rotatable bonds is 3. The van der Waals surface area contributed by atoms with Crippen LogP contribution in [-0.2, 0) is 4.74 Å². The van der Waals surface area contributed by atoms with Crippen molar-refractivity contribution >= 4 is 35.6 Å². The van der Waals surface area contributed by atoms with Gasteiger partial charge in [0.05, 0.1) is 17.6 Å². The minimum absolute atomic E-state index is 0. The maximum absolute atomic E-state index is 12.3. The predicted octanol–water partition coefficient (Wildman–Crippen LogP) is 1.47. The number of nitrogens with zero attached hydrogens (tertiary/aromatic N) is 2. The second-order valence-electron chi connectivity index (χ2n) is 4.43. The Kier molecular flexibility index (Phi) is 6.35. The van der Waals surface area contributed by atoms with Gasteiger partial charge in [-0.2, -0.15) is 0 Å². The highest BCUT2D eigenvalue weighted by Gasteiger charge is 2.25. The quantitative estimate of drug-likeness (QED) is 0.666. The zero-order valence-corrected chi connectivity index (χ0v) is 12.6. The van der Waals surface area contributed by atoms with Crippen LogP contribution in [0, 0.1) is 10.1 Å². The summed E-state index contributed by atoms with van der Waals surface area (Å²) in [6.07, 6.45) is -0.207. The number of hydrogen-bond donors (Lipinski definition) is 1. The molecule has 1 aromatic carbocycles. The van der Waals surface area contributed by atoms with E-state index in [9.17, 15) is 14.9 Å². The van der Waals surface area contributed by atoms with E-state index in [-0.39, 0.29) is 40.7 Å². The molecule has 0 radical (unpaired) electrons. The van der Waals surface area contributed by atoms with Crippen LogP contribution >= 0.6 is 24.0 Å². The van der Waals surface area contributed by atoms with Crippen molar-refractivity contribution in [1.82, 2.24) is 4.90 Å². The number of carbonyl (C=O) groups is 1. The van der Waals surface area contributed by atoms with Gasteiger partial charge in [0.2, 0.25) is 0 Å². The van der Waals surface area contributed by atoms with Crippen LogP contribution < -0.4 is 5.73 Å². The fraction of sp³-hybridized carbons (Fsp3) is 0.417. The number of benzene rings is 1. The second kappa shape index (κ2) is 7.56. The van der Waals surface area contributed by atoms with Gasteiger partial charge in [-0.15, -0.1) is 12.4 Å². The minimum atomic E-state index is -0.579. The Morgan fingerprint density at radius 3 is 2.86 bits per heavy atom. The number of morpholine rings is 1. The molecule has 1 heterocycles. The Labute approximate surface area is 132 Å². The lowest BCUT2D eigenvalue weighted by Crippen LogP contribution is -2.48. The highest BCUT2D eigenvalue weighted by molar-refractivity contribution is 6.31. The largest absolute Gasteiger partial charge is 0.373 e. The third-order valence-corrected chi connectivity index (χ3v) is 3.25. The van der Waals surface area contributed by atoms with Crippen molar-refractivity contribution in [3.05, 3.63) is 38.9 Å². The molecular formula is C12H15Cl2N3O4. The zero-order chi connectivity index (χ0) is 14.7. The van der Waals surface area contributed by atoms with Crippen molar-refractivity contribution in [3.8, 4) is 0 Å². The molecule has 9 heteroatoms. The van der Waals surface area contributed by atoms with E-state index >= 15 is 0 Å². The molecule has 1 aromatic rings. The van der Waals surface area contributed by atoms with Crippen molar-refractivity contribution in [1.29, 1.82) is 0 Å². The molecule has 1 aliphatic heterocycles. The Bertz CT molecular complexity index is 541. The normalized spacial score (nSPS) is 18.0. The van der Waals surface area contributed by atoms with Gasteiger partial charge in [-0.05, 0) is 6.07 Å². The standard InChI is InChI=1S/C12H14ClN3O4.ClH/c13-9-3-8(4-10(5-9)16(18)19)12(17)15-1-2-20-11(6-14)7-15;/h3-5,11H,1-2,6-7,14H2;1H. The molecule has 2 rings (SSSR count). The van der Waals surface area contributed by atoms with Crippen LogP contribution in [0.15, 0.2) is 18.2 Å². The molecule has 1 unspecified atom stereocenters. The number of nitro groups is 1. The van der Waals surface area contributed by atoms with Crippen LogP contribution in [-0.4, -0.2) is 48.1 Å². The molecule has 2 N–H and O–H groups in total. The lowest BCUT2D eigenvalue weighted by Gasteiger charge is -2.32. The molecule has 0 aliphatic carbocycles. The van der Waals surface area contributed by atoms with E-state index in [0.29, 0.717) is 26.2 Å². The Balaban J connectivity index is 0.00000220. The van der Waals surface area contributed by atoms with E-state index in [0.717, 1.165) is 0 Å². The average molecular weight is 336 g/mol. The van der Waals surface area contributed by atoms with Crippen LogP contribution in [0.5, 0.6) is 0 Å². The molecule has 0 spiro atoms. The molecule has 0 aromatic heterocycles. The number of amides is 1. The summed E-state index contributed by atoms with van der Waals surface area (Å²) in [7, 11) is 0. The van der Waals surface area contributed by atoms with Gasteiger partial charge in [-0.1, -0.05) is 11.6 Å². The van der Waals surface area contributed by atoms with Gasteiger partial charge in [-0.25, -0.2) is 0 Å². The first-order chi connectivity index (χ1) is 9.51. The first kappa shape index (κ1) is 17.6. The lowest BCUT2D eigenvalue weighted by atomic mass is 10.1. The summed E-state index contributed by atoms with van der Waals surface area (Å²) >= 11 is 5.81. The van der Waals surface area contributed by atoms with Gasteiger partial charge in [-0.3, -0.25) is 14.9 Å². The van der Waals surface area contributed by atoms with Crippen molar-refractivity contribution in [3.63, 3.8) is 0 Å². The molecule has 1 saturated heterocycles. The first-order valence-corrected chi connectivity index (χ1v) is 6.45. The number of non-ortho nitro benzene ring substituents is 1. The average Bonchev–Trinajstić information content (AvgIpc) is 2.45.